The first-order valence-corrected chi connectivity index (χ1v) is 3.36. The van der Waals surface area contributed by atoms with Crippen LogP contribution in [0.3, 0.4) is 0 Å². The van der Waals surface area contributed by atoms with Crippen molar-refractivity contribution in [2.24, 2.45) is 5.92 Å². The third-order valence-electron chi connectivity index (χ3n) is 1.31. The van der Waals surface area contributed by atoms with Crippen molar-refractivity contribution in [3.8, 4) is 0 Å². The molecule has 10 heavy (non-hydrogen) atoms. The van der Waals surface area contributed by atoms with Crippen molar-refractivity contribution < 1.29 is 9.53 Å². The molecule has 0 aromatic carbocycles. The highest BCUT2D eigenvalue weighted by molar-refractivity contribution is 5.77. The molecule has 2 nitrogen and oxygen atoms in total. The van der Waals surface area contributed by atoms with Crippen molar-refractivity contribution in [1.29, 1.82) is 0 Å². The Labute approximate surface area is 60.2 Å². The van der Waals surface area contributed by atoms with Crippen molar-refractivity contribution in [3.05, 3.63) is 24.3 Å². The van der Waals surface area contributed by atoms with Gasteiger partial charge in [0.2, 0.25) is 0 Å². The first kappa shape index (κ1) is 7.06. The van der Waals surface area contributed by atoms with E-state index >= 15 is 0 Å². The average Bonchev–Trinajstić information content (AvgIpc) is 2.38. The Kier molecular flexibility index (Phi) is 2.26. The van der Waals surface area contributed by atoms with Crippen molar-refractivity contribution in [3.63, 3.8) is 0 Å². The maximum Gasteiger partial charge on any atom is 0.316 e. The highest BCUT2D eigenvalue weighted by atomic mass is 16.5. The quantitative estimate of drug-likeness (QED) is 0.537. The molecule has 0 saturated heterocycles. The van der Waals surface area contributed by atoms with Crippen LogP contribution in [0.5, 0.6) is 0 Å². The van der Waals surface area contributed by atoms with E-state index in [-0.39, 0.29) is 11.9 Å². The molecule has 0 fully saturated rings. The molecule has 1 aliphatic rings. The SMILES string of the molecule is CCOC(=O)C1C=CC=C1. The van der Waals surface area contributed by atoms with Crippen molar-refractivity contribution >= 4 is 5.97 Å². The van der Waals surface area contributed by atoms with E-state index in [1.165, 1.54) is 0 Å². The highest BCUT2D eigenvalue weighted by Crippen LogP contribution is 2.09. The summed E-state index contributed by atoms with van der Waals surface area (Å²) >= 11 is 0. The van der Waals surface area contributed by atoms with E-state index in [0.29, 0.717) is 6.61 Å². The molecule has 0 radical (unpaired) electrons. The second-order valence-corrected chi connectivity index (χ2v) is 2.05. The topological polar surface area (TPSA) is 26.3 Å². The van der Waals surface area contributed by atoms with Gasteiger partial charge in [0.15, 0.2) is 0 Å². The third kappa shape index (κ3) is 1.47. The van der Waals surface area contributed by atoms with Crippen molar-refractivity contribution in [1.82, 2.24) is 0 Å². The third-order valence-corrected chi connectivity index (χ3v) is 1.31. The molecule has 0 N–H and O–H groups in total. The van der Waals surface area contributed by atoms with Gasteiger partial charge in [0.1, 0.15) is 0 Å². The van der Waals surface area contributed by atoms with Crippen LogP contribution in [-0.2, 0) is 9.53 Å². The molecule has 0 bridgehead atoms. The zero-order chi connectivity index (χ0) is 7.40. The number of esters is 1. The number of hydrogen-bond acceptors (Lipinski definition) is 2. The summed E-state index contributed by atoms with van der Waals surface area (Å²) in [5.41, 5.74) is 0. The van der Waals surface area contributed by atoms with E-state index in [1.807, 2.05) is 24.3 Å². The number of carbonyl (C=O) groups excluding carboxylic acids is 1. The number of rotatable bonds is 2. The molecule has 1 rings (SSSR count). The van der Waals surface area contributed by atoms with Gasteiger partial charge in [-0.25, -0.2) is 0 Å². The van der Waals surface area contributed by atoms with Crippen LogP contribution in [0, 0.1) is 5.92 Å². The Morgan fingerprint density at radius 3 is 2.60 bits per heavy atom. The number of hydrogen-bond donors (Lipinski definition) is 0. The van der Waals surface area contributed by atoms with E-state index in [9.17, 15) is 4.79 Å². The van der Waals surface area contributed by atoms with Gasteiger partial charge < -0.3 is 4.74 Å². The summed E-state index contributed by atoms with van der Waals surface area (Å²) in [6, 6.07) is 0. The lowest BCUT2D eigenvalue weighted by Gasteiger charge is -2.02. The van der Waals surface area contributed by atoms with Gasteiger partial charge in [-0.15, -0.1) is 0 Å². The fraction of sp³-hybridized carbons (Fsp3) is 0.375. The summed E-state index contributed by atoms with van der Waals surface area (Å²) in [4.78, 5) is 10.9. The molecule has 0 atom stereocenters. The molecule has 0 aromatic rings. The summed E-state index contributed by atoms with van der Waals surface area (Å²) in [7, 11) is 0. The van der Waals surface area contributed by atoms with Crippen LogP contribution in [0.4, 0.5) is 0 Å². The van der Waals surface area contributed by atoms with Crippen LogP contribution in [0.25, 0.3) is 0 Å². The summed E-state index contributed by atoms with van der Waals surface area (Å²) in [5.74, 6) is -0.299. The first-order valence-electron chi connectivity index (χ1n) is 3.36. The highest BCUT2D eigenvalue weighted by Gasteiger charge is 2.14. The van der Waals surface area contributed by atoms with Gasteiger partial charge in [-0.2, -0.15) is 0 Å². The Balaban J connectivity index is 2.42. The molecule has 0 unspecified atom stereocenters. The Hall–Kier alpha value is -1.05. The molecular formula is C8H10O2. The monoisotopic (exact) mass is 138 g/mol. The van der Waals surface area contributed by atoms with Crippen LogP contribution < -0.4 is 0 Å². The molecule has 0 aliphatic heterocycles. The smallest absolute Gasteiger partial charge is 0.316 e. The van der Waals surface area contributed by atoms with Gasteiger partial charge in [0.05, 0.1) is 12.5 Å². The maximum absolute atomic E-state index is 10.9. The predicted molar refractivity (Wildman–Crippen MR) is 38.4 cm³/mol. The summed E-state index contributed by atoms with van der Waals surface area (Å²) in [6.07, 6.45) is 7.33. The van der Waals surface area contributed by atoms with Crippen LogP contribution >= 0.6 is 0 Å². The Morgan fingerprint density at radius 1 is 1.50 bits per heavy atom. The van der Waals surface area contributed by atoms with E-state index in [2.05, 4.69) is 0 Å². The van der Waals surface area contributed by atoms with Gasteiger partial charge >= 0.3 is 5.97 Å². The van der Waals surface area contributed by atoms with Crippen LogP contribution in [0.2, 0.25) is 0 Å². The van der Waals surface area contributed by atoms with Crippen LogP contribution in [0.1, 0.15) is 6.92 Å². The first-order chi connectivity index (χ1) is 4.84. The second-order valence-electron chi connectivity index (χ2n) is 2.05. The molecule has 2 heteroatoms. The Morgan fingerprint density at radius 2 is 2.10 bits per heavy atom. The molecular weight excluding hydrogens is 128 g/mol. The lowest BCUT2D eigenvalue weighted by molar-refractivity contribution is -0.144. The van der Waals surface area contributed by atoms with Crippen LogP contribution in [0.15, 0.2) is 24.3 Å². The maximum atomic E-state index is 10.9. The molecule has 0 heterocycles. The zero-order valence-electron chi connectivity index (χ0n) is 5.91. The van der Waals surface area contributed by atoms with Crippen LogP contribution in [-0.4, -0.2) is 12.6 Å². The minimum Gasteiger partial charge on any atom is -0.465 e. The average molecular weight is 138 g/mol. The molecule has 54 valence electrons. The van der Waals surface area contributed by atoms with Gasteiger partial charge in [0.25, 0.3) is 0 Å². The molecule has 0 spiro atoms. The molecule has 0 aromatic heterocycles. The lowest BCUT2D eigenvalue weighted by atomic mass is 10.2. The predicted octanol–water partition coefficient (Wildman–Crippen LogP) is 1.29. The van der Waals surface area contributed by atoms with Gasteiger partial charge in [-0.1, -0.05) is 24.3 Å². The fourth-order valence-corrected chi connectivity index (χ4v) is 0.827. The van der Waals surface area contributed by atoms with Gasteiger partial charge in [-0.3, -0.25) is 4.79 Å². The second kappa shape index (κ2) is 3.20. The normalized spacial score (nSPS) is 16.1. The van der Waals surface area contributed by atoms with Crippen molar-refractivity contribution in [2.45, 2.75) is 6.92 Å². The summed E-state index contributed by atoms with van der Waals surface area (Å²) < 4.78 is 4.78. The molecule has 0 saturated carbocycles. The van der Waals surface area contributed by atoms with Gasteiger partial charge in [-0.05, 0) is 6.92 Å². The number of ether oxygens (including phenoxy) is 1. The van der Waals surface area contributed by atoms with E-state index < -0.39 is 0 Å². The van der Waals surface area contributed by atoms with E-state index in [1.54, 1.807) is 6.92 Å². The van der Waals surface area contributed by atoms with Gasteiger partial charge in [0, 0.05) is 0 Å². The molecule has 1 aliphatic carbocycles. The standard InChI is InChI=1S/C8H10O2/c1-2-10-8(9)7-5-3-4-6-7/h3-7H,2H2,1H3. The molecule has 0 amide bonds. The Bertz CT molecular complexity index is 168. The van der Waals surface area contributed by atoms with E-state index in [4.69, 9.17) is 4.74 Å². The fourth-order valence-electron chi connectivity index (χ4n) is 0.827. The summed E-state index contributed by atoms with van der Waals surface area (Å²) in [6.45, 7) is 2.26. The zero-order valence-corrected chi connectivity index (χ0v) is 5.91. The van der Waals surface area contributed by atoms with Crippen molar-refractivity contribution in [2.75, 3.05) is 6.61 Å². The minimum atomic E-state index is -0.160. The van der Waals surface area contributed by atoms with E-state index in [0.717, 1.165) is 0 Å². The number of allylic oxidation sites excluding steroid dienone is 2. The largest absolute Gasteiger partial charge is 0.465 e. The minimum absolute atomic E-state index is 0.139. The summed E-state index contributed by atoms with van der Waals surface area (Å²) in [5, 5.41) is 0. The number of carbonyl (C=O) groups is 1. The lowest BCUT2D eigenvalue weighted by Crippen LogP contribution is -2.12.